The molecule has 0 unspecified atom stereocenters. The van der Waals surface area contributed by atoms with Gasteiger partial charge in [-0.3, -0.25) is 14.4 Å². The molecular formula is C27H36O7. The molecular weight excluding hydrogens is 436 g/mol. The van der Waals surface area contributed by atoms with E-state index in [2.05, 4.69) is 20.8 Å². The van der Waals surface area contributed by atoms with Crippen molar-refractivity contribution in [3.05, 3.63) is 23.2 Å². The minimum Gasteiger partial charge on any atom is -0.458 e. The van der Waals surface area contributed by atoms with Gasteiger partial charge in [0.05, 0.1) is 11.5 Å². The summed E-state index contributed by atoms with van der Waals surface area (Å²) in [6.45, 7) is 7.53. The average molecular weight is 473 g/mol. The lowest BCUT2D eigenvalue weighted by atomic mass is 9.44. The van der Waals surface area contributed by atoms with Crippen LogP contribution in [0.2, 0.25) is 0 Å². The molecule has 1 N–H and O–H groups in total. The van der Waals surface area contributed by atoms with Gasteiger partial charge in [0.25, 0.3) is 0 Å². The molecule has 5 aliphatic rings. The second kappa shape index (κ2) is 7.94. The van der Waals surface area contributed by atoms with E-state index in [0.717, 1.165) is 44.1 Å². The van der Waals surface area contributed by atoms with Crippen LogP contribution in [0.3, 0.4) is 0 Å². The molecule has 0 aromatic rings. The number of rotatable bonds is 5. The lowest BCUT2D eigenvalue weighted by Crippen LogP contribution is -2.60. The lowest BCUT2D eigenvalue weighted by molar-refractivity contribution is -0.167. The summed E-state index contributed by atoms with van der Waals surface area (Å²) < 4.78 is 16.6. The van der Waals surface area contributed by atoms with Gasteiger partial charge >= 0.3 is 5.97 Å². The second-order valence-corrected chi connectivity index (χ2v) is 11.4. The number of hydrogen-bond acceptors (Lipinski definition) is 7. The summed E-state index contributed by atoms with van der Waals surface area (Å²) >= 11 is 0. The van der Waals surface area contributed by atoms with E-state index in [0.29, 0.717) is 12.2 Å². The van der Waals surface area contributed by atoms with E-state index >= 15 is 0 Å². The van der Waals surface area contributed by atoms with Crippen LogP contribution < -0.4 is 0 Å². The van der Waals surface area contributed by atoms with Crippen molar-refractivity contribution in [3.63, 3.8) is 0 Å². The van der Waals surface area contributed by atoms with Crippen molar-refractivity contribution in [2.24, 2.45) is 34.0 Å². The molecule has 0 saturated heterocycles. The van der Waals surface area contributed by atoms with Gasteiger partial charge in [0.1, 0.15) is 0 Å². The fraction of sp³-hybridized carbons (Fsp3) is 0.741. The van der Waals surface area contributed by atoms with E-state index in [1.807, 2.05) is 0 Å². The number of aliphatic hydroxyl groups excluding tert-OH is 1. The summed E-state index contributed by atoms with van der Waals surface area (Å²) in [5.41, 5.74) is -0.548. The van der Waals surface area contributed by atoms with Gasteiger partial charge in [0.2, 0.25) is 18.3 Å². The first-order chi connectivity index (χ1) is 16.1. The molecule has 0 radical (unpaired) electrons. The Morgan fingerprint density at radius 2 is 2.00 bits per heavy atom. The van der Waals surface area contributed by atoms with Gasteiger partial charge in [-0.2, -0.15) is 0 Å². The highest BCUT2D eigenvalue weighted by molar-refractivity contribution is 6.05. The molecule has 4 aliphatic carbocycles. The van der Waals surface area contributed by atoms with Crippen LogP contribution >= 0.6 is 0 Å². The fourth-order valence-corrected chi connectivity index (χ4v) is 8.81. The average Bonchev–Trinajstić information content (AvgIpc) is 3.38. The summed E-state index contributed by atoms with van der Waals surface area (Å²) in [7, 11) is 0. The van der Waals surface area contributed by atoms with Crippen molar-refractivity contribution in [1.29, 1.82) is 0 Å². The molecule has 0 aromatic heterocycles. The topological polar surface area (TPSA) is 99.1 Å². The zero-order valence-corrected chi connectivity index (χ0v) is 20.6. The Kier molecular flexibility index (Phi) is 5.51. The van der Waals surface area contributed by atoms with Crippen LogP contribution in [-0.4, -0.2) is 42.1 Å². The standard InChI is InChI=1S/C27H36O7/c1-5-9-27(21(31)13-32-15(2)28)10-8-18-17-7-6-16-11-19(29)23-24(34-14-33-23)26(16,4)22(17)20(30)12-25(18,27)3/h11,17-18,20,22,30H,5-10,12-14H2,1-4H3/t17-,18-,20-,22+,25-,26-,27+/m0/s1. The van der Waals surface area contributed by atoms with Crippen LogP contribution in [0.25, 0.3) is 0 Å². The molecule has 0 amide bonds. The number of ether oxygens (including phenoxy) is 3. The van der Waals surface area contributed by atoms with Gasteiger partial charge in [-0.15, -0.1) is 0 Å². The molecule has 1 aliphatic heterocycles. The van der Waals surface area contributed by atoms with Crippen molar-refractivity contribution < 1.29 is 33.7 Å². The molecule has 186 valence electrons. The van der Waals surface area contributed by atoms with Crippen LogP contribution in [0.4, 0.5) is 0 Å². The predicted octanol–water partition coefficient (Wildman–Crippen LogP) is 3.84. The summed E-state index contributed by atoms with van der Waals surface area (Å²) in [5.74, 6) is 0.616. The highest BCUT2D eigenvalue weighted by Gasteiger charge is 2.69. The summed E-state index contributed by atoms with van der Waals surface area (Å²) in [4.78, 5) is 37.7. The Labute approximate surface area is 200 Å². The van der Waals surface area contributed by atoms with E-state index in [1.54, 1.807) is 6.08 Å². The minimum absolute atomic E-state index is 0.0106. The molecule has 0 bridgehead atoms. The van der Waals surface area contributed by atoms with Crippen LogP contribution in [0.5, 0.6) is 0 Å². The molecule has 5 rings (SSSR count). The predicted molar refractivity (Wildman–Crippen MR) is 122 cm³/mol. The zero-order chi connectivity index (χ0) is 24.5. The summed E-state index contributed by atoms with van der Waals surface area (Å²) in [6.07, 6.45) is 6.44. The first kappa shape index (κ1) is 23.6. The molecule has 1 heterocycles. The molecule has 0 aromatic carbocycles. The zero-order valence-electron chi connectivity index (χ0n) is 20.6. The van der Waals surface area contributed by atoms with Crippen molar-refractivity contribution in [1.82, 2.24) is 0 Å². The van der Waals surface area contributed by atoms with Crippen LogP contribution in [0.1, 0.15) is 72.6 Å². The Bertz CT molecular complexity index is 995. The Morgan fingerprint density at radius 3 is 2.71 bits per heavy atom. The largest absolute Gasteiger partial charge is 0.458 e. The quantitative estimate of drug-likeness (QED) is 0.607. The number of aliphatic hydroxyl groups is 1. The Hall–Kier alpha value is -2.15. The third-order valence-electron chi connectivity index (χ3n) is 10.1. The second-order valence-electron chi connectivity index (χ2n) is 11.4. The van der Waals surface area contributed by atoms with E-state index in [4.69, 9.17) is 14.2 Å². The van der Waals surface area contributed by atoms with E-state index in [9.17, 15) is 19.5 Å². The maximum Gasteiger partial charge on any atom is 0.303 e. The number of ketones is 2. The minimum atomic E-state index is -0.651. The highest BCUT2D eigenvalue weighted by Crippen LogP contribution is 2.71. The highest BCUT2D eigenvalue weighted by atomic mass is 16.7. The smallest absolute Gasteiger partial charge is 0.303 e. The van der Waals surface area contributed by atoms with E-state index < -0.39 is 22.9 Å². The van der Waals surface area contributed by atoms with Crippen molar-refractivity contribution in [2.75, 3.05) is 13.4 Å². The van der Waals surface area contributed by atoms with Crippen molar-refractivity contribution >= 4 is 17.5 Å². The van der Waals surface area contributed by atoms with E-state index in [1.165, 1.54) is 6.92 Å². The molecule has 3 saturated carbocycles. The number of hydrogen-bond donors (Lipinski definition) is 1. The number of allylic oxidation sites excluding steroid dienone is 2. The van der Waals surface area contributed by atoms with Crippen LogP contribution in [-0.2, 0) is 28.6 Å². The number of Topliss-reactive ketones (excluding diaryl/α,β-unsaturated/α-hetero) is 1. The number of fused-ring (bicyclic) bond motifs is 6. The first-order valence-corrected chi connectivity index (χ1v) is 12.7. The van der Waals surface area contributed by atoms with Gasteiger partial charge in [0.15, 0.2) is 18.1 Å². The Morgan fingerprint density at radius 1 is 1.24 bits per heavy atom. The van der Waals surface area contributed by atoms with Crippen molar-refractivity contribution in [2.45, 2.75) is 78.7 Å². The third-order valence-corrected chi connectivity index (χ3v) is 10.1. The number of esters is 1. The number of carbonyl (C=O) groups is 3. The van der Waals surface area contributed by atoms with Crippen molar-refractivity contribution in [3.8, 4) is 0 Å². The fourth-order valence-electron chi connectivity index (χ4n) is 8.81. The van der Waals surface area contributed by atoms with Crippen LogP contribution in [0, 0.1) is 34.0 Å². The Balaban J connectivity index is 1.54. The molecule has 3 fully saturated rings. The van der Waals surface area contributed by atoms with Gasteiger partial charge in [-0.05, 0) is 68.8 Å². The summed E-state index contributed by atoms with van der Waals surface area (Å²) in [5, 5.41) is 11.8. The molecule has 7 heteroatoms. The van der Waals surface area contributed by atoms with Gasteiger partial charge in [-0.1, -0.05) is 25.8 Å². The van der Waals surface area contributed by atoms with Gasteiger partial charge < -0.3 is 19.3 Å². The molecule has 7 nitrogen and oxygen atoms in total. The molecule has 34 heavy (non-hydrogen) atoms. The maximum atomic E-state index is 13.6. The molecule has 0 spiro atoms. The first-order valence-electron chi connectivity index (χ1n) is 12.7. The lowest BCUT2D eigenvalue weighted by Gasteiger charge is -2.60. The maximum absolute atomic E-state index is 13.6. The third kappa shape index (κ3) is 2.94. The monoisotopic (exact) mass is 472 g/mol. The molecule has 7 atom stereocenters. The summed E-state index contributed by atoms with van der Waals surface area (Å²) in [6, 6.07) is 0. The number of carbonyl (C=O) groups excluding carboxylic acids is 3. The van der Waals surface area contributed by atoms with E-state index in [-0.39, 0.29) is 53.9 Å². The SMILES string of the molecule is CCC[C@]1(C(=O)COC(C)=O)CC[C@H]2[C@@H]3CCC4=CC(=O)C5=C(OCO5)[C@]4(C)[C@H]3[C@@H](O)C[C@@]21C. The van der Waals surface area contributed by atoms with Gasteiger partial charge in [0, 0.05) is 18.3 Å². The normalized spacial score (nSPS) is 42.5. The van der Waals surface area contributed by atoms with Crippen LogP contribution in [0.15, 0.2) is 23.2 Å². The van der Waals surface area contributed by atoms with Gasteiger partial charge in [-0.25, -0.2) is 0 Å².